The molecule has 0 spiro atoms. The lowest BCUT2D eigenvalue weighted by molar-refractivity contribution is 0.102. The van der Waals surface area contributed by atoms with Crippen molar-refractivity contribution in [2.45, 2.75) is 0 Å². The van der Waals surface area contributed by atoms with Crippen LogP contribution in [0.2, 0.25) is 0 Å². The zero-order chi connectivity index (χ0) is 17.4. The molecule has 0 aliphatic heterocycles. The number of carbonyl (C=O) groups is 1. The summed E-state index contributed by atoms with van der Waals surface area (Å²) in [6.07, 6.45) is 0. The van der Waals surface area contributed by atoms with Crippen molar-refractivity contribution in [2.24, 2.45) is 0 Å². The van der Waals surface area contributed by atoms with Crippen molar-refractivity contribution in [3.8, 4) is 10.7 Å². The minimum Gasteiger partial charge on any atom is -0.391 e. The third kappa shape index (κ3) is 2.85. The standard InChI is InChI=1S/C18H13FN4OS/c19-11-5-1-2-6-12(11)22-18(24)10-4-3-7-13-16(10)23-17(21-13)14-8-9-15(20)25-14/h1-9H,20H2,(H,21,23)(H,22,24). The lowest BCUT2D eigenvalue weighted by Gasteiger charge is -2.06. The predicted octanol–water partition coefficient (Wildman–Crippen LogP) is 4.27. The number of amides is 1. The van der Waals surface area contributed by atoms with Crippen molar-refractivity contribution in [1.82, 2.24) is 9.97 Å². The Morgan fingerprint density at radius 3 is 2.72 bits per heavy atom. The molecule has 4 rings (SSSR count). The highest BCUT2D eigenvalue weighted by molar-refractivity contribution is 7.19. The molecule has 124 valence electrons. The number of para-hydroxylation sites is 2. The first-order valence-corrected chi connectivity index (χ1v) is 8.34. The number of aromatic amines is 1. The van der Waals surface area contributed by atoms with Gasteiger partial charge in [0, 0.05) is 0 Å². The number of nitrogens with one attached hydrogen (secondary N) is 2. The molecule has 1 amide bonds. The molecule has 0 saturated carbocycles. The molecule has 0 radical (unpaired) electrons. The van der Waals surface area contributed by atoms with Gasteiger partial charge in [-0.1, -0.05) is 18.2 Å². The largest absolute Gasteiger partial charge is 0.391 e. The molecule has 0 aliphatic carbocycles. The number of hydrogen-bond acceptors (Lipinski definition) is 4. The van der Waals surface area contributed by atoms with Gasteiger partial charge in [-0.2, -0.15) is 0 Å². The van der Waals surface area contributed by atoms with Gasteiger partial charge in [-0.25, -0.2) is 9.37 Å². The summed E-state index contributed by atoms with van der Waals surface area (Å²) in [6, 6.07) is 15.0. The Morgan fingerprint density at radius 2 is 1.96 bits per heavy atom. The summed E-state index contributed by atoms with van der Waals surface area (Å²) in [5.74, 6) is -0.262. The summed E-state index contributed by atoms with van der Waals surface area (Å²) >= 11 is 1.41. The average molecular weight is 352 g/mol. The molecule has 4 N–H and O–H groups in total. The second-order valence-electron chi connectivity index (χ2n) is 5.42. The van der Waals surface area contributed by atoms with Crippen molar-refractivity contribution >= 4 is 39.0 Å². The fourth-order valence-corrected chi connectivity index (χ4v) is 3.28. The van der Waals surface area contributed by atoms with Gasteiger partial charge in [-0.3, -0.25) is 4.79 Å². The van der Waals surface area contributed by atoms with E-state index in [2.05, 4.69) is 15.3 Å². The number of imidazole rings is 1. The van der Waals surface area contributed by atoms with Crippen LogP contribution in [0.25, 0.3) is 21.7 Å². The van der Waals surface area contributed by atoms with Crippen LogP contribution < -0.4 is 11.1 Å². The first-order valence-electron chi connectivity index (χ1n) is 7.52. The number of thiophene rings is 1. The molecule has 2 aromatic heterocycles. The lowest BCUT2D eigenvalue weighted by Crippen LogP contribution is -2.13. The Balaban J connectivity index is 1.73. The lowest BCUT2D eigenvalue weighted by atomic mass is 10.1. The number of nitrogens with two attached hydrogens (primary N) is 1. The summed E-state index contributed by atoms with van der Waals surface area (Å²) in [7, 11) is 0. The Hall–Kier alpha value is -3.19. The summed E-state index contributed by atoms with van der Waals surface area (Å²) in [6.45, 7) is 0. The number of rotatable bonds is 3. The summed E-state index contributed by atoms with van der Waals surface area (Å²) in [5, 5.41) is 3.27. The van der Waals surface area contributed by atoms with E-state index in [9.17, 15) is 9.18 Å². The molecule has 5 nitrogen and oxygen atoms in total. The number of nitrogens with zero attached hydrogens (tertiary/aromatic N) is 1. The predicted molar refractivity (Wildman–Crippen MR) is 98.2 cm³/mol. The summed E-state index contributed by atoms with van der Waals surface area (Å²) in [4.78, 5) is 21.2. The molecular formula is C18H13FN4OS. The third-order valence-corrected chi connectivity index (χ3v) is 4.66. The third-order valence-electron chi connectivity index (χ3n) is 3.74. The number of carbonyl (C=O) groups excluding carboxylic acids is 1. The van der Waals surface area contributed by atoms with Gasteiger partial charge in [0.2, 0.25) is 0 Å². The summed E-state index contributed by atoms with van der Waals surface area (Å²) < 4.78 is 13.8. The molecule has 7 heteroatoms. The van der Waals surface area contributed by atoms with Crippen molar-refractivity contribution in [2.75, 3.05) is 11.1 Å². The van der Waals surface area contributed by atoms with E-state index in [1.807, 2.05) is 12.1 Å². The smallest absolute Gasteiger partial charge is 0.258 e. The molecular weight excluding hydrogens is 339 g/mol. The molecule has 0 aliphatic rings. The molecule has 0 saturated heterocycles. The monoisotopic (exact) mass is 352 g/mol. The van der Waals surface area contributed by atoms with E-state index in [1.165, 1.54) is 23.5 Å². The van der Waals surface area contributed by atoms with E-state index in [-0.39, 0.29) is 5.69 Å². The maximum absolute atomic E-state index is 13.8. The molecule has 0 atom stereocenters. The van der Waals surface area contributed by atoms with Gasteiger partial charge >= 0.3 is 0 Å². The van der Waals surface area contributed by atoms with E-state index in [4.69, 9.17) is 5.73 Å². The van der Waals surface area contributed by atoms with Crippen LogP contribution in [0.3, 0.4) is 0 Å². The van der Waals surface area contributed by atoms with Gasteiger partial charge in [0.05, 0.1) is 26.6 Å². The Labute approximate surface area is 146 Å². The highest BCUT2D eigenvalue weighted by Crippen LogP contribution is 2.30. The fourth-order valence-electron chi connectivity index (χ4n) is 2.56. The van der Waals surface area contributed by atoms with Gasteiger partial charge in [0.15, 0.2) is 0 Å². The van der Waals surface area contributed by atoms with Gasteiger partial charge in [0.25, 0.3) is 5.91 Å². The van der Waals surface area contributed by atoms with Gasteiger partial charge in [-0.15, -0.1) is 11.3 Å². The number of aromatic nitrogens is 2. The molecule has 0 bridgehead atoms. The number of nitrogen functional groups attached to an aromatic ring is 1. The molecule has 2 heterocycles. The molecule has 4 aromatic rings. The zero-order valence-electron chi connectivity index (χ0n) is 12.9. The van der Waals surface area contributed by atoms with Crippen molar-refractivity contribution in [3.63, 3.8) is 0 Å². The Morgan fingerprint density at radius 1 is 1.12 bits per heavy atom. The second kappa shape index (κ2) is 6.03. The maximum atomic E-state index is 13.8. The van der Waals surface area contributed by atoms with Crippen LogP contribution in [0.5, 0.6) is 0 Å². The van der Waals surface area contributed by atoms with Crippen molar-refractivity contribution in [1.29, 1.82) is 0 Å². The number of fused-ring (bicyclic) bond motifs is 1. The minimum absolute atomic E-state index is 0.131. The van der Waals surface area contributed by atoms with Crippen LogP contribution in [0.4, 0.5) is 15.1 Å². The number of H-pyrrole nitrogens is 1. The van der Waals surface area contributed by atoms with Crippen LogP contribution in [-0.4, -0.2) is 15.9 Å². The highest BCUT2D eigenvalue weighted by Gasteiger charge is 2.16. The zero-order valence-corrected chi connectivity index (χ0v) is 13.7. The van der Waals surface area contributed by atoms with Crippen molar-refractivity contribution < 1.29 is 9.18 Å². The number of anilines is 2. The van der Waals surface area contributed by atoms with Crippen molar-refractivity contribution in [3.05, 3.63) is 66.0 Å². The van der Waals surface area contributed by atoms with Crippen LogP contribution in [0.15, 0.2) is 54.6 Å². The topological polar surface area (TPSA) is 83.8 Å². The van der Waals surface area contributed by atoms with E-state index >= 15 is 0 Å². The van der Waals surface area contributed by atoms with Crippen LogP contribution in [0.1, 0.15) is 10.4 Å². The Kier molecular flexibility index (Phi) is 3.70. The molecule has 0 unspecified atom stereocenters. The SMILES string of the molecule is Nc1ccc(-c2nc3c(C(=O)Nc4ccccc4F)cccc3[nH]2)s1. The number of halogens is 1. The van der Waals surface area contributed by atoms with E-state index in [0.29, 0.717) is 21.9 Å². The first-order chi connectivity index (χ1) is 12.1. The average Bonchev–Trinajstić information content (AvgIpc) is 3.22. The Bertz CT molecular complexity index is 1090. The van der Waals surface area contributed by atoms with E-state index < -0.39 is 11.7 Å². The van der Waals surface area contributed by atoms with Gasteiger partial charge in [-0.05, 0) is 36.4 Å². The van der Waals surface area contributed by atoms with Gasteiger partial charge in [0.1, 0.15) is 17.2 Å². The number of hydrogen-bond donors (Lipinski definition) is 3. The number of benzene rings is 2. The fraction of sp³-hybridized carbons (Fsp3) is 0. The van der Waals surface area contributed by atoms with Crippen LogP contribution in [0, 0.1) is 5.82 Å². The maximum Gasteiger partial charge on any atom is 0.258 e. The summed E-state index contributed by atoms with van der Waals surface area (Å²) in [5.41, 5.74) is 7.52. The molecule has 2 aromatic carbocycles. The first kappa shape index (κ1) is 15.3. The van der Waals surface area contributed by atoms with E-state index in [1.54, 1.807) is 30.3 Å². The second-order valence-corrected chi connectivity index (χ2v) is 6.54. The van der Waals surface area contributed by atoms with E-state index in [0.717, 1.165) is 10.4 Å². The minimum atomic E-state index is -0.486. The normalized spacial score (nSPS) is 10.9. The quantitative estimate of drug-likeness (QED) is 0.515. The molecule has 0 fully saturated rings. The molecule has 25 heavy (non-hydrogen) atoms. The van der Waals surface area contributed by atoms with Crippen LogP contribution in [-0.2, 0) is 0 Å². The van der Waals surface area contributed by atoms with Crippen LogP contribution >= 0.6 is 11.3 Å². The highest BCUT2D eigenvalue weighted by atomic mass is 32.1. The van der Waals surface area contributed by atoms with Gasteiger partial charge < -0.3 is 16.0 Å².